The molecular weight excluding hydrogens is 168 g/mol. The molecule has 3 nitrogen and oxygen atoms in total. The van der Waals surface area contributed by atoms with Crippen LogP contribution in [0.4, 0.5) is 0 Å². The van der Waals surface area contributed by atoms with Gasteiger partial charge in [-0.1, -0.05) is 13.8 Å². The second-order valence-electron chi connectivity index (χ2n) is 5.05. The largest absolute Gasteiger partial charge is 0.392 e. The molecule has 2 saturated carbocycles. The Morgan fingerprint density at radius 3 is 2.46 bits per heavy atom. The molecule has 0 aromatic rings. The van der Waals surface area contributed by atoms with E-state index in [1.807, 2.05) is 0 Å². The molecular formula is C10H18O3. The highest BCUT2D eigenvalue weighted by Crippen LogP contribution is 2.61. The Bertz CT molecular complexity index is 218. The van der Waals surface area contributed by atoms with Crippen LogP contribution >= 0.6 is 0 Å². The first kappa shape index (κ1) is 9.44. The van der Waals surface area contributed by atoms with E-state index >= 15 is 0 Å². The summed E-state index contributed by atoms with van der Waals surface area (Å²) in [4.78, 5) is 0. The van der Waals surface area contributed by atoms with E-state index in [9.17, 15) is 5.11 Å². The molecule has 4 atom stereocenters. The lowest BCUT2D eigenvalue weighted by molar-refractivity contribution is -0.107. The van der Waals surface area contributed by atoms with Crippen molar-refractivity contribution in [2.75, 3.05) is 6.79 Å². The monoisotopic (exact) mass is 186 g/mol. The Morgan fingerprint density at radius 2 is 2.08 bits per heavy atom. The van der Waals surface area contributed by atoms with Crippen molar-refractivity contribution in [3.8, 4) is 0 Å². The van der Waals surface area contributed by atoms with Gasteiger partial charge in [-0.3, -0.25) is 0 Å². The van der Waals surface area contributed by atoms with Gasteiger partial charge in [0.1, 0.15) is 6.79 Å². The summed E-state index contributed by atoms with van der Waals surface area (Å²) in [5.41, 5.74) is -0.105. The predicted molar refractivity (Wildman–Crippen MR) is 48.0 cm³/mol. The van der Waals surface area contributed by atoms with Crippen LogP contribution in [-0.2, 0) is 4.74 Å². The zero-order valence-electron chi connectivity index (χ0n) is 8.29. The number of aliphatic hydroxyl groups excluding tert-OH is 2. The topological polar surface area (TPSA) is 49.7 Å². The molecule has 2 rings (SSSR count). The third-order valence-corrected chi connectivity index (χ3v) is 4.18. The minimum Gasteiger partial charge on any atom is -0.392 e. The first-order valence-corrected chi connectivity index (χ1v) is 4.93. The van der Waals surface area contributed by atoms with E-state index in [2.05, 4.69) is 13.8 Å². The Kier molecular flexibility index (Phi) is 1.95. The maximum absolute atomic E-state index is 10.1. The third kappa shape index (κ3) is 1.07. The first-order chi connectivity index (χ1) is 6.03. The minimum absolute atomic E-state index is 0.0224. The van der Waals surface area contributed by atoms with Gasteiger partial charge in [0.05, 0.1) is 12.2 Å². The number of ether oxygens (including phenoxy) is 1. The SMILES string of the molecule is CC12CCC(C)(C(OCO)C1)C2O. The summed E-state index contributed by atoms with van der Waals surface area (Å²) >= 11 is 0. The van der Waals surface area contributed by atoms with Crippen LogP contribution in [0.15, 0.2) is 0 Å². The Balaban J connectivity index is 2.21. The molecule has 2 fully saturated rings. The summed E-state index contributed by atoms with van der Waals surface area (Å²) in [5.74, 6) is 0. The molecule has 2 bridgehead atoms. The van der Waals surface area contributed by atoms with Gasteiger partial charge in [-0.05, 0) is 24.7 Å². The quantitative estimate of drug-likeness (QED) is 0.630. The van der Waals surface area contributed by atoms with Crippen LogP contribution in [0.3, 0.4) is 0 Å². The highest BCUT2D eigenvalue weighted by molar-refractivity contribution is 5.12. The minimum atomic E-state index is -0.267. The molecule has 0 aromatic carbocycles. The third-order valence-electron chi connectivity index (χ3n) is 4.18. The highest BCUT2D eigenvalue weighted by Gasteiger charge is 2.62. The first-order valence-electron chi connectivity index (χ1n) is 4.93. The fourth-order valence-corrected chi connectivity index (χ4v) is 3.17. The molecule has 0 heterocycles. The standard InChI is InChI=1S/C10H18O3/c1-9-3-4-10(2,8(9)12)7(5-9)13-6-11/h7-8,11-12H,3-6H2,1-2H3. The van der Waals surface area contributed by atoms with E-state index < -0.39 is 0 Å². The molecule has 0 amide bonds. The lowest BCUT2D eigenvalue weighted by Gasteiger charge is -2.31. The maximum atomic E-state index is 10.1. The van der Waals surface area contributed by atoms with Crippen LogP contribution in [0.2, 0.25) is 0 Å². The van der Waals surface area contributed by atoms with E-state index in [1.54, 1.807) is 0 Å². The van der Waals surface area contributed by atoms with Crippen LogP contribution in [-0.4, -0.2) is 29.2 Å². The van der Waals surface area contributed by atoms with E-state index in [4.69, 9.17) is 9.84 Å². The number of rotatable bonds is 2. The van der Waals surface area contributed by atoms with Crippen LogP contribution in [0.5, 0.6) is 0 Å². The van der Waals surface area contributed by atoms with Crippen molar-refractivity contribution in [1.29, 1.82) is 0 Å². The number of hydrogen-bond acceptors (Lipinski definition) is 3. The molecule has 2 aliphatic rings. The number of aliphatic hydroxyl groups is 2. The lowest BCUT2D eigenvalue weighted by Crippen LogP contribution is -2.35. The zero-order valence-corrected chi connectivity index (χ0v) is 8.29. The van der Waals surface area contributed by atoms with Crippen molar-refractivity contribution in [2.45, 2.75) is 45.3 Å². The Labute approximate surface area is 78.7 Å². The van der Waals surface area contributed by atoms with E-state index in [1.165, 1.54) is 0 Å². The predicted octanol–water partition coefficient (Wildman–Crippen LogP) is 0.892. The molecule has 76 valence electrons. The van der Waals surface area contributed by atoms with E-state index in [-0.39, 0.29) is 29.8 Å². The summed E-state index contributed by atoms with van der Waals surface area (Å²) in [6, 6.07) is 0. The van der Waals surface area contributed by atoms with E-state index in [0.717, 1.165) is 19.3 Å². The molecule has 0 aliphatic heterocycles. The Morgan fingerprint density at radius 1 is 1.38 bits per heavy atom. The molecule has 2 N–H and O–H groups in total. The molecule has 4 unspecified atom stereocenters. The molecule has 0 saturated heterocycles. The van der Waals surface area contributed by atoms with Gasteiger partial charge in [-0.15, -0.1) is 0 Å². The summed E-state index contributed by atoms with van der Waals surface area (Å²) in [5, 5.41) is 18.8. The lowest BCUT2D eigenvalue weighted by atomic mass is 9.81. The molecule has 0 spiro atoms. The average Bonchev–Trinajstić information content (AvgIpc) is 2.40. The van der Waals surface area contributed by atoms with Gasteiger partial charge in [0.15, 0.2) is 0 Å². The van der Waals surface area contributed by atoms with Gasteiger partial charge in [0.25, 0.3) is 0 Å². The van der Waals surface area contributed by atoms with Gasteiger partial charge < -0.3 is 14.9 Å². The molecule has 2 aliphatic carbocycles. The smallest absolute Gasteiger partial charge is 0.143 e. The molecule has 0 aromatic heterocycles. The van der Waals surface area contributed by atoms with Crippen molar-refractivity contribution in [3.63, 3.8) is 0 Å². The summed E-state index contributed by atoms with van der Waals surface area (Å²) < 4.78 is 5.27. The fraction of sp³-hybridized carbons (Fsp3) is 1.00. The molecule has 3 heteroatoms. The highest BCUT2D eigenvalue weighted by atomic mass is 16.6. The van der Waals surface area contributed by atoms with Crippen molar-refractivity contribution >= 4 is 0 Å². The van der Waals surface area contributed by atoms with Crippen molar-refractivity contribution in [1.82, 2.24) is 0 Å². The van der Waals surface area contributed by atoms with Crippen molar-refractivity contribution < 1.29 is 14.9 Å². The van der Waals surface area contributed by atoms with Crippen LogP contribution in [0.1, 0.15) is 33.1 Å². The second-order valence-corrected chi connectivity index (χ2v) is 5.05. The molecule has 13 heavy (non-hydrogen) atoms. The number of hydrogen-bond donors (Lipinski definition) is 2. The number of fused-ring (bicyclic) bond motifs is 2. The van der Waals surface area contributed by atoms with Gasteiger partial charge >= 0.3 is 0 Å². The van der Waals surface area contributed by atoms with Gasteiger partial charge in [0.2, 0.25) is 0 Å². The normalized spacial score (nSPS) is 54.5. The van der Waals surface area contributed by atoms with Crippen LogP contribution < -0.4 is 0 Å². The van der Waals surface area contributed by atoms with E-state index in [0.29, 0.717) is 0 Å². The second kappa shape index (κ2) is 2.69. The van der Waals surface area contributed by atoms with Gasteiger partial charge in [-0.25, -0.2) is 0 Å². The summed E-state index contributed by atoms with van der Waals surface area (Å²) in [6.45, 7) is 3.95. The van der Waals surface area contributed by atoms with Gasteiger partial charge in [0, 0.05) is 5.41 Å². The van der Waals surface area contributed by atoms with Crippen molar-refractivity contribution in [2.24, 2.45) is 10.8 Å². The summed E-state index contributed by atoms with van der Waals surface area (Å²) in [6.07, 6.45) is 2.74. The fourth-order valence-electron chi connectivity index (χ4n) is 3.17. The van der Waals surface area contributed by atoms with Crippen LogP contribution in [0, 0.1) is 10.8 Å². The Hall–Kier alpha value is -0.120. The maximum Gasteiger partial charge on any atom is 0.143 e. The summed E-state index contributed by atoms with van der Waals surface area (Å²) in [7, 11) is 0. The zero-order chi connectivity index (χ0) is 9.69. The average molecular weight is 186 g/mol. The molecule has 0 radical (unpaired) electrons. The van der Waals surface area contributed by atoms with Crippen LogP contribution in [0.25, 0.3) is 0 Å². The van der Waals surface area contributed by atoms with Gasteiger partial charge in [-0.2, -0.15) is 0 Å². The van der Waals surface area contributed by atoms with Crippen molar-refractivity contribution in [3.05, 3.63) is 0 Å².